The molecule has 1 saturated heterocycles. The minimum absolute atomic E-state index is 0.126. The molecule has 1 aromatic rings. The molecular formula is C18H23NO5. The molecule has 2 rings (SSSR count). The highest BCUT2D eigenvalue weighted by Gasteiger charge is 2.36. The molecule has 0 saturated carbocycles. The van der Waals surface area contributed by atoms with Crippen LogP contribution in [-0.4, -0.2) is 43.0 Å². The fourth-order valence-electron chi connectivity index (χ4n) is 3.08. The number of amides is 1. The molecule has 0 aromatic heterocycles. The van der Waals surface area contributed by atoms with Crippen LogP contribution in [0.2, 0.25) is 0 Å². The van der Waals surface area contributed by atoms with E-state index in [2.05, 4.69) is 0 Å². The Kier molecular flexibility index (Phi) is 6.35. The van der Waals surface area contributed by atoms with Crippen LogP contribution in [0.5, 0.6) is 0 Å². The van der Waals surface area contributed by atoms with Crippen LogP contribution in [-0.2, 0) is 19.1 Å². The number of nitrogens with zero attached hydrogens (tertiary/aromatic N) is 1. The Balaban J connectivity index is 2.12. The first-order valence-electron chi connectivity index (χ1n) is 8.14. The summed E-state index contributed by atoms with van der Waals surface area (Å²) in [5.41, 5.74) is 0.955. The first kappa shape index (κ1) is 18.0. The average molecular weight is 333 g/mol. The number of likely N-dealkylation sites (tertiary alicyclic amines) is 1. The predicted octanol–water partition coefficient (Wildman–Crippen LogP) is 2.73. The van der Waals surface area contributed by atoms with Gasteiger partial charge in [-0.05, 0) is 25.3 Å². The van der Waals surface area contributed by atoms with Crippen molar-refractivity contribution in [2.75, 3.05) is 20.3 Å². The summed E-state index contributed by atoms with van der Waals surface area (Å²) in [4.78, 5) is 37.6. The van der Waals surface area contributed by atoms with Gasteiger partial charge in [0.2, 0.25) is 0 Å². The number of Topliss-reactive ketones (excluding diaryl/α,β-unsaturated/α-hetero) is 1. The van der Waals surface area contributed by atoms with Crippen molar-refractivity contribution < 1.29 is 23.9 Å². The highest BCUT2D eigenvalue weighted by atomic mass is 16.5. The molecule has 0 aliphatic carbocycles. The van der Waals surface area contributed by atoms with Crippen molar-refractivity contribution in [2.24, 2.45) is 5.92 Å². The monoisotopic (exact) mass is 333 g/mol. The third-order valence-electron chi connectivity index (χ3n) is 4.28. The van der Waals surface area contributed by atoms with Gasteiger partial charge in [0.15, 0.2) is 0 Å². The summed E-state index contributed by atoms with van der Waals surface area (Å²) in [5, 5.41) is 0. The van der Waals surface area contributed by atoms with Crippen LogP contribution in [0.25, 0.3) is 0 Å². The SMILES string of the molecule is CCOC(=O)CC(=O)[C@H]1CCN(C(=O)OC)[C@@H](c2ccccc2)C1. The van der Waals surface area contributed by atoms with Gasteiger partial charge >= 0.3 is 12.1 Å². The molecule has 0 spiro atoms. The van der Waals surface area contributed by atoms with Gasteiger partial charge in [-0.2, -0.15) is 0 Å². The number of piperidine rings is 1. The second-order valence-electron chi connectivity index (χ2n) is 5.76. The Bertz CT molecular complexity index is 586. The topological polar surface area (TPSA) is 72.9 Å². The summed E-state index contributed by atoms with van der Waals surface area (Å²) >= 11 is 0. The molecule has 0 N–H and O–H groups in total. The lowest BCUT2D eigenvalue weighted by Gasteiger charge is -2.38. The van der Waals surface area contributed by atoms with E-state index in [4.69, 9.17) is 9.47 Å². The number of benzene rings is 1. The van der Waals surface area contributed by atoms with Crippen LogP contribution in [0.4, 0.5) is 4.79 Å². The Morgan fingerprint density at radius 2 is 1.92 bits per heavy atom. The minimum atomic E-state index is -0.492. The highest BCUT2D eigenvalue weighted by Crippen LogP contribution is 2.35. The van der Waals surface area contributed by atoms with E-state index in [9.17, 15) is 14.4 Å². The first-order chi connectivity index (χ1) is 11.6. The van der Waals surface area contributed by atoms with Crippen molar-refractivity contribution >= 4 is 17.8 Å². The summed E-state index contributed by atoms with van der Waals surface area (Å²) in [6.45, 7) is 2.40. The third kappa shape index (κ3) is 4.34. The number of hydrogen-bond donors (Lipinski definition) is 0. The summed E-state index contributed by atoms with van der Waals surface area (Å²) < 4.78 is 9.71. The summed E-state index contributed by atoms with van der Waals surface area (Å²) in [6.07, 6.45) is 0.395. The molecule has 2 atom stereocenters. The van der Waals surface area contributed by atoms with E-state index in [1.54, 1.807) is 11.8 Å². The molecule has 1 aliphatic rings. The molecule has 1 heterocycles. The molecule has 1 amide bonds. The fourth-order valence-corrected chi connectivity index (χ4v) is 3.08. The van der Waals surface area contributed by atoms with Gasteiger partial charge in [-0.15, -0.1) is 0 Å². The van der Waals surface area contributed by atoms with Crippen molar-refractivity contribution in [3.63, 3.8) is 0 Å². The number of esters is 1. The van der Waals surface area contributed by atoms with Crippen molar-refractivity contribution in [3.8, 4) is 0 Å². The van der Waals surface area contributed by atoms with Gasteiger partial charge in [0.1, 0.15) is 12.2 Å². The van der Waals surface area contributed by atoms with Crippen LogP contribution >= 0.6 is 0 Å². The standard InChI is InChI=1S/C18H23NO5/c1-3-24-17(21)12-16(20)14-9-10-19(18(22)23-2)15(11-14)13-7-5-4-6-8-13/h4-8,14-15H,3,9-12H2,1-2H3/t14-,15+/m0/s1. The van der Waals surface area contributed by atoms with Crippen LogP contribution < -0.4 is 0 Å². The maximum absolute atomic E-state index is 12.4. The van der Waals surface area contributed by atoms with Crippen LogP contribution in [0.15, 0.2) is 30.3 Å². The predicted molar refractivity (Wildman–Crippen MR) is 87.3 cm³/mol. The van der Waals surface area contributed by atoms with Gasteiger partial charge in [-0.1, -0.05) is 30.3 Å². The highest BCUT2D eigenvalue weighted by molar-refractivity contribution is 5.96. The van der Waals surface area contributed by atoms with E-state index in [0.29, 0.717) is 19.4 Å². The lowest BCUT2D eigenvalue weighted by Crippen LogP contribution is -2.42. The van der Waals surface area contributed by atoms with Crippen molar-refractivity contribution in [2.45, 2.75) is 32.2 Å². The quantitative estimate of drug-likeness (QED) is 0.612. The number of ketones is 1. The normalized spacial score (nSPS) is 20.3. The van der Waals surface area contributed by atoms with Crippen molar-refractivity contribution in [3.05, 3.63) is 35.9 Å². The van der Waals surface area contributed by atoms with E-state index in [0.717, 1.165) is 5.56 Å². The minimum Gasteiger partial charge on any atom is -0.466 e. The van der Waals surface area contributed by atoms with Crippen LogP contribution in [0, 0.1) is 5.92 Å². The second kappa shape index (κ2) is 8.47. The first-order valence-corrected chi connectivity index (χ1v) is 8.14. The van der Waals surface area contributed by atoms with Gasteiger partial charge in [0.05, 0.1) is 19.8 Å². The zero-order valence-electron chi connectivity index (χ0n) is 14.1. The van der Waals surface area contributed by atoms with E-state index in [1.807, 2.05) is 30.3 Å². The second-order valence-corrected chi connectivity index (χ2v) is 5.76. The lowest BCUT2D eigenvalue weighted by atomic mass is 9.84. The molecule has 6 heteroatoms. The van der Waals surface area contributed by atoms with E-state index in [-0.39, 0.29) is 30.8 Å². The molecule has 0 radical (unpaired) electrons. The van der Waals surface area contributed by atoms with E-state index >= 15 is 0 Å². The number of methoxy groups -OCH3 is 1. The fraction of sp³-hybridized carbons (Fsp3) is 0.500. The van der Waals surface area contributed by atoms with E-state index in [1.165, 1.54) is 7.11 Å². The Hall–Kier alpha value is -2.37. The molecule has 0 unspecified atom stereocenters. The molecule has 1 aliphatic heterocycles. The summed E-state index contributed by atoms with van der Waals surface area (Å²) in [6, 6.07) is 9.32. The molecule has 0 bridgehead atoms. The molecule has 6 nitrogen and oxygen atoms in total. The smallest absolute Gasteiger partial charge is 0.409 e. The number of hydrogen-bond acceptors (Lipinski definition) is 5. The number of rotatable bonds is 5. The summed E-state index contributed by atoms with van der Waals surface area (Å²) in [7, 11) is 1.35. The number of ether oxygens (including phenoxy) is 2. The van der Waals surface area contributed by atoms with Crippen molar-refractivity contribution in [1.29, 1.82) is 0 Å². The average Bonchev–Trinajstić information content (AvgIpc) is 2.61. The summed E-state index contributed by atoms with van der Waals surface area (Å²) in [5.74, 6) is -0.881. The van der Waals surface area contributed by atoms with Gasteiger partial charge in [0.25, 0.3) is 0 Å². The zero-order chi connectivity index (χ0) is 17.5. The maximum atomic E-state index is 12.4. The Morgan fingerprint density at radius 1 is 1.21 bits per heavy atom. The lowest BCUT2D eigenvalue weighted by molar-refractivity contribution is -0.146. The van der Waals surface area contributed by atoms with Gasteiger partial charge in [-0.3, -0.25) is 9.59 Å². The van der Waals surface area contributed by atoms with Gasteiger partial charge in [-0.25, -0.2) is 4.79 Å². The molecular weight excluding hydrogens is 310 g/mol. The molecule has 1 fully saturated rings. The van der Waals surface area contributed by atoms with E-state index < -0.39 is 12.1 Å². The van der Waals surface area contributed by atoms with Crippen LogP contribution in [0.1, 0.15) is 37.8 Å². The Labute approximate surface area is 141 Å². The van der Waals surface area contributed by atoms with Crippen LogP contribution in [0.3, 0.4) is 0 Å². The van der Waals surface area contributed by atoms with Gasteiger partial charge in [0, 0.05) is 12.5 Å². The number of carbonyl (C=O) groups is 3. The molecule has 24 heavy (non-hydrogen) atoms. The maximum Gasteiger partial charge on any atom is 0.409 e. The Morgan fingerprint density at radius 3 is 2.54 bits per heavy atom. The molecule has 130 valence electrons. The molecule has 1 aromatic carbocycles. The third-order valence-corrected chi connectivity index (χ3v) is 4.28. The zero-order valence-corrected chi connectivity index (χ0v) is 14.1. The number of carbonyl (C=O) groups excluding carboxylic acids is 3. The largest absolute Gasteiger partial charge is 0.466 e. The van der Waals surface area contributed by atoms with Crippen molar-refractivity contribution in [1.82, 2.24) is 4.90 Å². The van der Waals surface area contributed by atoms with Gasteiger partial charge < -0.3 is 14.4 Å².